The van der Waals surface area contributed by atoms with Crippen LogP contribution in [0, 0.1) is 11.7 Å². The summed E-state index contributed by atoms with van der Waals surface area (Å²) in [7, 11) is 0. The van der Waals surface area contributed by atoms with Crippen LogP contribution in [0.5, 0.6) is 0 Å². The van der Waals surface area contributed by atoms with Crippen LogP contribution in [-0.4, -0.2) is 50.0 Å². The molecule has 2 amide bonds. The molecule has 2 aromatic carbocycles. The van der Waals surface area contributed by atoms with Crippen molar-refractivity contribution in [1.82, 2.24) is 25.1 Å². The number of carbonyl (C=O) groups excluding carboxylic acids is 2. The first-order chi connectivity index (χ1) is 14.1. The molecule has 0 bridgehead atoms. The molecule has 148 valence electrons. The van der Waals surface area contributed by atoms with Crippen LogP contribution in [-0.2, 0) is 4.79 Å². The van der Waals surface area contributed by atoms with Crippen LogP contribution < -0.4 is 5.32 Å². The summed E-state index contributed by atoms with van der Waals surface area (Å²) in [6.45, 7) is 0.970. The fraction of sp³-hybridized carbons (Fsp3) is 0.250. The molecule has 1 fully saturated rings. The molecule has 9 heteroatoms. The van der Waals surface area contributed by atoms with Gasteiger partial charge in [0, 0.05) is 30.3 Å². The van der Waals surface area contributed by atoms with E-state index in [1.807, 2.05) is 12.1 Å². The van der Waals surface area contributed by atoms with Crippen molar-refractivity contribution in [3.63, 3.8) is 0 Å². The largest absolute Gasteiger partial charge is 0.339 e. The molecule has 0 saturated carbocycles. The normalized spacial score (nSPS) is 14.6. The van der Waals surface area contributed by atoms with Crippen molar-refractivity contribution in [3.05, 3.63) is 66.2 Å². The molecule has 0 radical (unpaired) electrons. The van der Waals surface area contributed by atoms with E-state index in [4.69, 9.17) is 0 Å². The van der Waals surface area contributed by atoms with E-state index in [9.17, 15) is 14.0 Å². The Morgan fingerprint density at radius 3 is 2.52 bits per heavy atom. The minimum absolute atomic E-state index is 0.0762. The molecule has 1 aliphatic rings. The maximum atomic E-state index is 13.0. The van der Waals surface area contributed by atoms with Gasteiger partial charge >= 0.3 is 0 Å². The molecular formula is C20H19FN6O2. The number of rotatable bonds is 4. The molecule has 1 aliphatic heterocycles. The van der Waals surface area contributed by atoms with Crippen molar-refractivity contribution in [2.45, 2.75) is 12.8 Å². The number of anilines is 1. The Balaban J connectivity index is 1.34. The molecule has 29 heavy (non-hydrogen) atoms. The number of benzene rings is 2. The number of nitrogens with one attached hydrogen (secondary N) is 1. The van der Waals surface area contributed by atoms with Gasteiger partial charge in [0.2, 0.25) is 5.91 Å². The van der Waals surface area contributed by atoms with E-state index in [-0.39, 0.29) is 23.5 Å². The number of halogens is 1. The number of hydrogen-bond donors (Lipinski definition) is 1. The standard InChI is InChI=1S/C20H19FN6O2/c21-16-6-4-15(5-7-16)20(29)26-10-8-14(9-11-26)19(28)23-17-2-1-3-18(12-17)27-13-22-24-25-27/h1-7,12-14H,8-11H2,(H,23,28). The van der Waals surface area contributed by atoms with Gasteiger partial charge < -0.3 is 10.2 Å². The zero-order valence-corrected chi connectivity index (χ0v) is 15.5. The van der Waals surface area contributed by atoms with Crippen LogP contribution >= 0.6 is 0 Å². The van der Waals surface area contributed by atoms with Crippen LogP contribution in [0.15, 0.2) is 54.9 Å². The fourth-order valence-electron chi connectivity index (χ4n) is 3.37. The first-order valence-corrected chi connectivity index (χ1v) is 9.29. The molecule has 4 rings (SSSR count). The van der Waals surface area contributed by atoms with Crippen molar-refractivity contribution in [2.75, 3.05) is 18.4 Å². The highest BCUT2D eigenvalue weighted by Crippen LogP contribution is 2.22. The van der Waals surface area contributed by atoms with Crippen molar-refractivity contribution in [2.24, 2.45) is 5.92 Å². The van der Waals surface area contributed by atoms with Gasteiger partial charge in [0.25, 0.3) is 5.91 Å². The number of aromatic nitrogens is 4. The Hall–Kier alpha value is -3.62. The molecule has 8 nitrogen and oxygen atoms in total. The monoisotopic (exact) mass is 394 g/mol. The molecule has 1 N–H and O–H groups in total. The topological polar surface area (TPSA) is 93.0 Å². The number of amides is 2. The van der Waals surface area contributed by atoms with E-state index in [0.717, 1.165) is 5.69 Å². The van der Waals surface area contributed by atoms with Crippen molar-refractivity contribution in [3.8, 4) is 5.69 Å². The molecule has 0 spiro atoms. The molecule has 1 aromatic heterocycles. The molecule has 0 unspecified atom stereocenters. The zero-order chi connectivity index (χ0) is 20.2. The Labute approximate surface area is 166 Å². The molecule has 0 atom stereocenters. The van der Waals surface area contributed by atoms with Gasteiger partial charge in [-0.1, -0.05) is 6.07 Å². The first-order valence-electron chi connectivity index (χ1n) is 9.29. The Morgan fingerprint density at radius 1 is 1.07 bits per heavy atom. The second-order valence-corrected chi connectivity index (χ2v) is 6.87. The maximum Gasteiger partial charge on any atom is 0.253 e. The average Bonchev–Trinajstić information content (AvgIpc) is 3.29. The summed E-state index contributed by atoms with van der Waals surface area (Å²) in [6, 6.07) is 12.8. The lowest BCUT2D eigenvalue weighted by molar-refractivity contribution is -0.121. The number of likely N-dealkylation sites (tertiary alicyclic amines) is 1. The van der Waals surface area contributed by atoms with Gasteiger partial charge in [0.05, 0.1) is 5.69 Å². The summed E-state index contributed by atoms with van der Waals surface area (Å²) in [6.07, 6.45) is 2.63. The molecule has 1 saturated heterocycles. The highest BCUT2D eigenvalue weighted by Gasteiger charge is 2.28. The predicted molar refractivity (Wildman–Crippen MR) is 103 cm³/mol. The summed E-state index contributed by atoms with van der Waals surface area (Å²) in [4.78, 5) is 26.9. The third-order valence-electron chi connectivity index (χ3n) is 4.97. The highest BCUT2D eigenvalue weighted by molar-refractivity contribution is 5.95. The molecule has 0 aliphatic carbocycles. The van der Waals surface area contributed by atoms with E-state index < -0.39 is 0 Å². The van der Waals surface area contributed by atoms with E-state index in [0.29, 0.717) is 37.2 Å². The number of piperidine rings is 1. The second-order valence-electron chi connectivity index (χ2n) is 6.87. The molecular weight excluding hydrogens is 375 g/mol. The van der Waals surface area contributed by atoms with E-state index in [1.54, 1.807) is 17.0 Å². The quantitative estimate of drug-likeness (QED) is 0.733. The van der Waals surface area contributed by atoms with Gasteiger partial charge in [0.15, 0.2) is 0 Å². The number of tetrazole rings is 1. The minimum Gasteiger partial charge on any atom is -0.339 e. The molecule has 2 heterocycles. The number of carbonyl (C=O) groups is 2. The highest BCUT2D eigenvalue weighted by atomic mass is 19.1. The average molecular weight is 394 g/mol. The van der Waals surface area contributed by atoms with Crippen molar-refractivity contribution >= 4 is 17.5 Å². The second kappa shape index (κ2) is 8.17. The lowest BCUT2D eigenvalue weighted by atomic mass is 9.95. The summed E-state index contributed by atoms with van der Waals surface area (Å²) in [5.74, 6) is -0.768. The number of nitrogens with zero attached hydrogens (tertiary/aromatic N) is 5. The van der Waals surface area contributed by atoms with Gasteiger partial charge in [-0.15, -0.1) is 5.10 Å². The lowest BCUT2D eigenvalue weighted by Gasteiger charge is -2.31. The van der Waals surface area contributed by atoms with E-state index in [2.05, 4.69) is 20.8 Å². The third-order valence-corrected chi connectivity index (χ3v) is 4.97. The van der Waals surface area contributed by atoms with Crippen LogP contribution in [0.4, 0.5) is 10.1 Å². The smallest absolute Gasteiger partial charge is 0.253 e. The van der Waals surface area contributed by atoms with E-state index in [1.165, 1.54) is 35.3 Å². The summed E-state index contributed by atoms with van der Waals surface area (Å²) in [5.41, 5.74) is 1.86. The van der Waals surface area contributed by atoms with Crippen LogP contribution in [0.2, 0.25) is 0 Å². The summed E-state index contributed by atoms with van der Waals surface area (Å²) < 4.78 is 14.5. The van der Waals surface area contributed by atoms with Crippen molar-refractivity contribution < 1.29 is 14.0 Å². The minimum atomic E-state index is -0.374. The predicted octanol–water partition coefficient (Wildman–Crippen LogP) is 2.29. The lowest BCUT2D eigenvalue weighted by Crippen LogP contribution is -2.41. The van der Waals surface area contributed by atoms with Crippen LogP contribution in [0.3, 0.4) is 0 Å². The Kier molecular flexibility index (Phi) is 5.28. The fourth-order valence-corrected chi connectivity index (χ4v) is 3.37. The SMILES string of the molecule is O=C(Nc1cccc(-n2cnnn2)c1)C1CCN(C(=O)c2ccc(F)cc2)CC1. The van der Waals surface area contributed by atoms with Crippen LogP contribution in [0.1, 0.15) is 23.2 Å². The number of hydrogen-bond acceptors (Lipinski definition) is 5. The Bertz CT molecular complexity index is 998. The third kappa shape index (κ3) is 4.29. The van der Waals surface area contributed by atoms with Gasteiger partial charge in [-0.2, -0.15) is 0 Å². The van der Waals surface area contributed by atoms with Gasteiger partial charge in [-0.05, 0) is 65.7 Å². The molecule has 3 aromatic rings. The van der Waals surface area contributed by atoms with Gasteiger partial charge in [-0.25, -0.2) is 9.07 Å². The maximum absolute atomic E-state index is 13.0. The summed E-state index contributed by atoms with van der Waals surface area (Å²) >= 11 is 0. The van der Waals surface area contributed by atoms with Crippen molar-refractivity contribution in [1.29, 1.82) is 0 Å². The van der Waals surface area contributed by atoms with Gasteiger partial charge in [0.1, 0.15) is 12.1 Å². The van der Waals surface area contributed by atoms with Crippen LogP contribution in [0.25, 0.3) is 5.69 Å². The van der Waals surface area contributed by atoms with E-state index >= 15 is 0 Å². The van der Waals surface area contributed by atoms with Gasteiger partial charge in [-0.3, -0.25) is 9.59 Å². The Morgan fingerprint density at radius 2 is 1.83 bits per heavy atom. The zero-order valence-electron chi connectivity index (χ0n) is 15.5. The summed E-state index contributed by atoms with van der Waals surface area (Å²) in [5, 5.41) is 14.0. The first kappa shape index (κ1) is 18.7.